The Morgan fingerprint density at radius 2 is 2.07 bits per heavy atom. The van der Waals surface area contributed by atoms with Crippen LogP contribution in [0.4, 0.5) is 13.2 Å². The van der Waals surface area contributed by atoms with Crippen LogP contribution in [-0.2, 0) is 15.7 Å². The molecule has 2 aromatic heterocycles. The number of piperidine rings is 1. The highest BCUT2D eigenvalue weighted by Crippen LogP contribution is 2.40. The molecule has 0 radical (unpaired) electrons. The minimum Gasteiger partial charge on any atom is -0.368 e. The van der Waals surface area contributed by atoms with Gasteiger partial charge in [-0.3, -0.25) is 4.79 Å². The first-order valence-electron chi connectivity index (χ1n) is 10.0. The molecule has 4 heterocycles. The van der Waals surface area contributed by atoms with Crippen molar-refractivity contribution in [2.24, 2.45) is 0 Å². The SMILES string of the molecule is CC(C)c1cc(C(F)(F)F)c2c(C3CCCN(C(=O)C4CCCO4)C3)noc2n1. The van der Waals surface area contributed by atoms with Crippen molar-refractivity contribution in [3.63, 3.8) is 0 Å². The van der Waals surface area contributed by atoms with Gasteiger partial charge in [0.25, 0.3) is 11.6 Å². The zero-order chi connectivity index (χ0) is 20.8. The van der Waals surface area contributed by atoms with Gasteiger partial charge in [-0.15, -0.1) is 0 Å². The number of alkyl halides is 3. The van der Waals surface area contributed by atoms with E-state index < -0.39 is 17.8 Å². The largest absolute Gasteiger partial charge is 0.417 e. The molecule has 2 aliphatic heterocycles. The molecule has 2 fully saturated rings. The fourth-order valence-corrected chi connectivity index (χ4v) is 4.17. The van der Waals surface area contributed by atoms with Gasteiger partial charge in [0.2, 0.25) is 0 Å². The zero-order valence-electron chi connectivity index (χ0n) is 16.5. The summed E-state index contributed by atoms with van der Waals surface area (Å²) in [6.07, 6.45) is -2.12. The van der Waals surface area contributed by atoms with Gasteiger partial charge in [0.15, 0.2) is 0 Å². The Hall–Kier alpha value is -2.16. The molecule has 0 spiro atoms. The molecule has 0 aromatic carbocycles. The molecule has 2 aromatic rings. The number of amides is 1. The molecule has 2 unspecified atom stereocenters. The molecule has 6 nitrogen and oxygen atoms in total. The number of hydrogen-bond acceptors (Lipinski definition) is 5. The first kappa shape index (κ1) is 20.1. The van der Waals surface area contributed by atoms with Gasteiger partial charge in [0.05, 0.1) is 16.6 Å². The lowest BCUT2D eigenvalue weighted by Crippen LogP contribution is -2.44. The molecule has 0 saturated carbocycles. The second-order valence-corrected chi connectivity index (χ2v) is 8.12. The molecule has 2 atom stereocenters. The van der Waals surface area contributed by atoms with Crippen LogP contribution in [0.15, 0.2) is 10.6 Å². The van der Waals surface area contributed by atoms with Crippen molar-refractivity contribution >= 4 is 17.0 Å². The molecule has 0 N–H and O–H groups in total. The summed E-state index contributed by atoms with van der Waals surface area (Å²) >= 11 is 0. The molecule has 9 heteroatoms. The van der Waals surface area contributed by atoms with Crippen molar-refractivity contribution in [2.45, 2.75) is 63.6 Å². The number of hydrogen-bond donors (Lipinski definition) is 0. The van der Waals surface area contributed by atoms with E-state index in [0.717, 1.165) is 12.5 Å². The number of aromatic nitrogens is 2. The summed E-state index contributed by atoms with van der Waals surface area (Å²) < 4.78 is 52.2. The molecule has 0 bridgehead atoms. The number of ether oxygens (including phenoxy) is 1. The number of nitrogens with zero attached hydrogens (tertiary/aromatic N) is 3. The molecular weight excluding hydrogens is 387 g/mol. The van der Waals surface area contributed by atoms with Crippen LogP contribution in [0.2, 0.25) is 0 Å². The molecule has 1 amide bonds. The first-order chi connectivity index (χ1) is 13.8. The van der Waals surface area contributed by atoms with Gasteiger partial charge in [-0.1, -0.05) is 19.0 Å². The van der Waals surface area contributed by atoms with Gasteiger partial charge in [-0.05, 0) is 37.7 Å². The van der Waals surface area contributed by atoms with Crippen LogP contribution in [0.3, 0.4) is 0 Å². The lowest BCUT2D eigenvalue weighted by Gasteiger charge is -2.33. The summed E-state index contributed by atoms with van der Waals surface area (Å²) in [5.41, 5.74) is -0.322. The van der Waals surface area contributed by atoms with Gasteiger partial charge in [-0.2, -0.15) is 13.2 Å². The molecule has 29 heavy (non-hydrogen) atoms. The second kappa shape index (κ2) is 7.59. The molecule has 2 saturated heterocycles. The maximum atomic E-state index is 13.8. The molecule has 4 rings (SSSR count). The third-order valence-corrected chi connectivity index (χ3v) is 5.71. The van der Waals surface area contributed by atoms with E-state index in [0.29, 0.717) is 44.7 Å². The van der Waals surface area contributed by atoms with Gasteiger partial charge >= 0.3 is 6.18 Å². The van der Waals surface area contributed by atoms with Crippen LogP contribution in [0.5, 0.6) is 0 Å². The van der Waals surface area contributed by atoms with Crippen LogP contribution < -0.4 is 0 Å². The van der Waals surface area contributed by atoms with E-state index >= 15 is 0 Å². The maximum absolute atomic E-state index is 13.8. The number of carbonyl (C=O) groups excluding carboxylic acids is 1. The van der Waals surface area contributed by atoms with E-state index in [-0.39, 0.29) is 34.5 Å². The smallest absolute Gasteiger partial charge is 0.368 e. The quantitative estimate of drug-likeness (QED) is 0.755. The number of fused-ring (bicyclic) bond motifs is 1. The van der Waals surface area contributed by atoms with Crippen molar-refractivity contribution in [3.8, 4) is 0 Å². The van der Waals surface area contributed by atoms with Crippen molar-refractivity contribution in [1.82, 2.24) is 15.0 Å². The van der Waals surface area contributed by atoms with Crippen molar-refractivity contribution in [1.29, 1.82) is 0 Å². The van der Waals surface area contributed by atoms with Crippen LogP contribution in [0.1, 0.15) is 68.3 Å². The molecule has 2 aliphatic rings. The number of rotatable bonds is 3. The summed E-state index contributed by atoms with van der Waals surface area (Å²) in [5, 5.41) is 3.89. The number of halogens is 3. The van der Waals surface area contributed by atoms with E-state index in [1.165, 1.54) is 0 Å². The summed E-state index contributed by atoms with van der Waals surface area (Å²) in [4.78, 5) is 18.6. The third-order valence-electron chi connectivity index (χ3n) is 5.71. The Bertz CT molecular complexity index is 903. The average molecular weight is 411 g/mol. The third kappa shape index (κ3) is 3.84. The Balaban J connectivity index is 1.69. The number of pyridine rings is 1. The number of carbonyl (C=O) groups is 1. The van der Waals surface area contributed by atoms with Gasteiger partial charge < -0.3 is 14.2 Å². The fraction of sp³-hybridized carbons (Fsp3) is 0.650. The average Bonchev–Trinajstić information content (AvgIpc) is 3.35. The van der Waals surface area contributed by atoms with E-state index in [9.17, 15) is 18.0 Å². The van der Waals surface area contributed by atoms with E-state index in [1.54, 1.807) is 18.7 Å². The Morgan fingerprint density at radius 3 is 2.72 bits per heavy atom. The summed E-state index contributed by atoms with van der Waals surface area (Å²) in [6.45, 7) is 5.01. The van der Waals surface area contributed by atoms with E-state index in [2.05, 4.69) is 10.1 Å². The minimum absolute atomic E-state index is 0.0849. The monoisotopic (exact) mass is 411 g/mol. The van der Waals surface area contributed by atoms with E-state index in [4.69, 9.17) is 9.26 Å². The highest BCUT2D eigenvalue weighted by molar-refractivity contribution is 5.83. The van der Waals surface area contributed by atoms with Crippen LogP contribution in [0, 0.1) is 0 Å². The predicted octanol–water partition coefficient (Wildman–Crippen LogP) is 4.25. The standard InChI is InChI=1S/C20H24F3N3O3/c1-11(2)14-9-13(20(21,22)23)16-17(25-29-18(16)24-14)12-5-3-7-26(10-12)19(27)15-6-4-8-28-15/h9,11-12,15H,3-8,10H2,1-2H3. The van der Waals surface area contributed by atoms with Crippen molar-refractivity contribution in [2.75, 3.05) is 19.7 Å². The topological polar surface area (TPSA) is 68.5 Å². The molecular formula is C20H24F3N3O3. The van der Waals surface area contributed by atoms with Gasteiger partial charge in [0.1, 0.15) is 6.10 Å². The Morgan fingerprint density at radius 1 is 1.28 bits per heavy atom. The number of likely N-dealkylation sites (tertiary alicyclic amines) is 1. The highest BCUT2D eigenvalue weighted by Gasteiger charge is 2.39. The lowest BCUT2D eigenvalue weighted by molar-refractivity contribution is -0.142. The maximum Gasteiger partial charge on any atom is 0.417 e. The fourth-order valence-electron chi connectivity index (χ4n) is 4.17. The van der Waals surface area contributed by atoms with Crippen molar-refractivity contribution in [3.05, 3.63) is 23.0 Å². The lowest BCUT2D eigenvalue weighted by atomic mass is 9.91. The second-order valence-electron chi connectivity index (χ2n) is 8.12. The zero-order valence-corrected chi connectivity index (χ0v) is 16.5. The summed E-state index contributed by atoms with van der Waals surface area (Å²) in [7, 11) is 0. The van der Waals surface area contributed by atoms with Crippen molar-refractivity contribution < 1.29 is 27.2 Å². The summed E-state index contributed by atoms with van der Waals surface area (Å²) in [5.74, 6) is -0.595. The predicted molar refractivity (Wildman–Crippen MR) is 98.4 cm³/mol. The Labute approximate surface area is 166 Å². The highest BCUT2D eigenvalue weighted by atomic mass is 19.4. The first-order valence-corrected chi connectivity index (χ1v) is 10.0. The van der Waals surface area contributed by atoms with Crippen LogP contribution in [-0.4, -0.2) is 46.7 Å². The molecule has 158 valence electrons. The van der Waals surface area contributed by atoms with Gasteiger partial charge in [-0.25, -0.2) is 4.98 Å². The van der Waals surface area contributed by atoms with Gasteiger partial charge in [0, 0.05) is 31.3 Å². The van der Waals surface area contributed by atoms with Crippen LogP contribution >= 0.6 is 0 Å². The van der Waals surface area contributed by atoms with E-state index in [1.807, 2.05) is 0 Å². The minimum atomic E-state index is -4.55. The summed E-state index contributed by atoms with van der Waals surface area (Å²) in [6, 6.07) is 1.09. The normalized spacial score (nSPS) is 23.3. The van der Waals surface area contributed by atoms with Crippen LogP contribution in [0.25, 0.3) is 11.1 Å². The molecule has 0 aliphatic carbocycles. The Kier molecular flexibility index (Phi) is 5.27.